The van der Waals surface area contributed by atoms with Gasteiger partial charge >= 0.3 is 12.1 Å². The molecule has 0 atom stereocenters. The highest BCUT2D eigenvalue weighted by Crippen LogP contribution is 2.42. The summed E-state index contributed by atoms with van der Waals surface area (Å²) in [7, 11) is -9.25. The summed E-state index contributed by atoms with van der Waals surface area (Å²) in [5.41, 5.74) is 6.78. The predicted molar refractivity (Wildman–Crippen MR) is 146 cm³/mol. The molecule has 1 fully saturated rings. The summed E-state index contributed by atoms with van der Waals surface area (Å²) in [4.78, 5) is 15.5. The maximum atomic E-state index is 13.9. The Hall–Kier alpha value is -3.76. The summed E-state index contributed by atoms with van der Waals surface area (Å²) in [5, 5.41) is 19.2. The first-order chi connectivity index (χ1) is 20.2. The Morgan fingerprint density at radius 2 is 1.79 bits per heavy atom. The van der Waals surface area contributed by atoms with Crippen LogP contribution in [-0.2, 0) is 29.6 Å². The van der Waals surface area contributed by atoms with Crippen molar-refractivity contribution in [2.45, 2.75) is 16.0 Å². The van der Waals surface area contributed by atoms with Crippen LogP contribution in [0.15, 0.2) is 40.1 Å². The molecule has 0 radical (unpaired) electrons. The minimum Gasteiger partial charge on any atom is -0.458 e. The fourth-order valence-electron chi connectivity index (χ4n) is 4.64. The first kappa shape index (κ1) is 30.7. The zero-order valence-corrected chi connectivity index (χ0v) is 24.2. The molecule has 4 aromatic rings. The Morgan fingerprint density at radius 1 is 1.07 bits per heavy atom. The predicted octanol–water partition coefficient (Wildman–Crippen LogP) is 0.785. The van der Waals surface area contributed by atoms with Crippen LogP contribution in [0.4, 0.5) is 18.3 Å². The lowest BCUT2D eigenvalue weighted by atomic mass is 9.98. The fraction of sp³-hybridized carbons (Fsp3) is 0.318. The molecule has 1 aliphatic heterocycles. The number of benzene rings is 2. The topological polar surface area (TPSA) is 220 Å². The molecule has 230 valence electrons. The number of nitrogen functional groups attached to an aromatic ring is 1. The lowest BCUT2D eigenvalue weighted by Crippen LogP contribution is -2.49. The second-order valence-corrected chi connectivity index (χ2v) is 13.7. The van der Waals surface area contributed by atoms with Gasteiger partial charge in [0.05, 0.1) is 15.8 Å². The van der Waals surface area contributed by atoms with Crippen molar-refractivity contribution in [3.05, 3.63) is 30.3 Å². The molecule has 0 bridgehead atoms. The zero-order chi connectivity index (χ0) is 31.2. The molecule has 5 N–H and O–H groups in total. The maximum absolute atomic E-state index is 13.9. The Balaban J connectivity index is 1.51. The molecule has 43 heavy (non-hydrogen) atoms. The molecule has 21 heteroatoms. The number of sulfonamides is 2. The normalized spacial score (nSPS) is 15.6. The van der Waals surface area contributed by atoms with Gasteiger partial charge in [-0.15, -0.1) is 5.10 Å². The van der Waals surface area contributed by atoms with E-state index in [1.807, 2.05) is 0 Å². The minimum atomic E-state index is -5.12. The third-order valence-corrected chi connectivity index (χ3v) is 10.4. The van der Waals surface area contributed by atoms with Crippen LogP contribution in [0, 0.1) is 0 Å². The summed E-state index contributed by atoms with van der Waals surface area (Å²) >= 11 is 1.20. The Labute approximate surface area is 245 Å². The number of hydrogen-bond donors (Lipinski definition) is 3. The lowest BCUT2D eigenvalue weighted by molar-refractivity contribution is -0.200. The zero-order valence-electron chi connectivity index (χ0n) is 21.8. The first-order valence-corrected chi connectivity index (χ1v) is 16.0. The number of aromatic amines is 1. The number of nitrogens with two attached hydrogens (primary N) is 2. The van der Waals surface area contributed by atoms with Gasteiger partial charge in [0, 0.05) is 38.3 Å². The molecule has 5 rings (SSSR count). The summed E-state index contributed by atoms with van der Waals surface area (Å²) in [5.74, 6) is -2.49. The molecule has 2 aromatic heterocycles. The van der Waals surface area contributed by atoms with Crippen LogP contribution in [0.3, 0.4) is 0 Å². The van der Waals surface area contributed by atoms with E-state index in [9.17, 15) is 34.8 Å². The van der Waals surface area contributed by atoms with Crippen LogP contribution in [-0.4, -0.2) is 103 Å². The standard InChI is InChI=1S/C22H22F3N9O6S3/c23-22(24,25)20(35)40-11-10-33-6-8-34(9-7-33)43(38,39)15-5-4-12(13-2-1-3-14-17(13)28-21(26)41-14)16(18(15)42(27,36)37)19-29-31-32-30-19/h1-5H,6-11H2,(H2,26,28)(H2,27,36,37)(H,29,30,31,32). The number of primary sulfonamides is 1. The molecule has 1 aliphatic rings. The third kappa shape index (κ3) is 6.17. The quantitative estimate of drug-likeness (QED) is 0.223. The van der Waals surface area contributed by atoms with Gasteiger partial charge in [-0.1, -0.05) is 29.5 Å². The Kier molecular flexibility index (Phi) is 8.13. The number of alkyl halides is 3. The fourth-order valence-corrected chi connectivity index (χ4v) is 8.40. The number of esters is 1. The second kappa shape index (κ2) is 11.4. The van der Waals surface area contributed by atoms with Crippen LogP contribution in [0.5, 0.6) is 0 Å². The van der Waals surface area contributed by atoms with E-state index >= 15 is 0 Å². The molecular formula is C22H22F3N9O6S3. The van der Waals surface area contributed by atoms with Gasteiger partial charge < -0.3 is 10.5 Å². The van der Waals surface area contributed by atoms with Gasteiger partial charge in [-0.05, 0) is 28.1 Å². The van der Waals surface area contributed by atoms with Crippen molar-refractivity contribution < 1.29 is 39.5 Å². The monoisotopic (exact) mass is 661 g/mol. The van der Waals surface area contributed by atoms with Crippen LogP contribution < -0.4 is 10.9 Å². The number of nitrogens with one attached hydrogen (secondary N) is 1. The van der Waals surface area contributed by atoms with Crippen molar-refractivity contribution in [2.75, 3.05) is 45.1 Å². The molecule has 0 unspecified atom stereocenters. The minimum absolute atomic E-state index is 0.0672. The number of tetrazole rings is 1. The van der Waals surface area contributed by atoms with Gasteiger partial charge in [0.15, 0.2) is 11.0 Å². The number of rotatable bonds is 8. The number of piperazine rings is 1. The van der Waals surface area contributed by atoms with E-state index in [1.165, 1.54) is 17.4 Å². The number of fused-ring (bicyclic) bond motifs is 1. The number of para-hydroxylation sites is 1. The second-order valence-electron chi connectivity index (χ2n) is 9.19. The van der Waals surface area contributed by atoms with Crippen LogP contribution in [0.25, 0.3) is 32.7 Å². The highest BCUT2D eigenvalue weighted by atomic mass is 32.2. The number of ether oxygens (including phenoxy) is 1. The van der Waals surface area contributed by atoms with E-state index in [0.29, 0.717) is 15.8 Å². The van der Waals surface area contributed by atoms with Gasteiger partial charge in [-0.2, -0.15) is 17.5 Å². The van der Waals surface area contributed by atoms with E-state index in [4.69, 9.17) is 10.9 Å². The summed E-state index contributed by atoms with van der Waals surface area (Å²) in [6.07, 6.45) is -5.12. The Bertz CT molecular complexity index is 1890. The number of anilines is 1. The van der Waals surface area contributed by atoms with Crippen molar-refractivity contribution in [1.29, 1.82) is 0 Å². The molecule has 0 spiro atoms. The van der Waals surface area contributed by atoms with Gasteiger partial charge in [-0.3, -0.25) is 4.90 Å². The summed E-state index contributed by atoms with van der Waals surface area (Å²) < 4.78 is 96.9. The van der Waals surface area contributed by atoms with Crippen molar-refractivity contribution >= 4 is 52.7 Å². The van der Waals surface area contributed by atoms with Gasteiger partial charge in [0.1, 0.15) is 16.4 Å². The smallest absolute Gasteiger partial charge is 0.458 e. The van der Waals surface area contributed by atoms with E-state index in [-0.39, 0.29) is 54.8 Å². The third-order valence-electron chi connectivity index (χ3n) is 6.54. The van der Waals surface area contributed by atoms with Crippen molar-refractivity contribution in [2.24, 2.45) is 5.14 Å². The van der Waals surface area contributed by atoms with Gasteiger partial charge in [0.25, 0.3) is 0 Å². The number of halogens is 3. The van der Waals surface area contributed by atoms with E-state index < -0.39 is 48.6 Å². The number of hydrogen-bond acceptors (Lipinski definition) is 13. The van der Waals surface area contributed by atoms with Gasteiger partial charge in [-0.25, -0.2) is 36.9 Å². The molecule has 2 aromatic carbocycles. The van der Waals surface area contributed by atoms with E-state index in [0.717, 1.165) is 10.4 Å². The van der Waals surface area contributed by atoms with Crippen molar-refractivity contribution in [1.82, 2.24) is 34.8 Å². The SMILES string of the molecule is Nc1nc2c(-c3ccc(S(=O)(=O)N4CCN(CCOC(=O)C(F)(F)F)CC4)c(S(N)(=O)=O)c3-c3nnn[nH]3)cccc2s1. The van der Waals surface area contributed by atoms with Crippen LogP contribution >= 0.6 is 11.3 Å². The van der Waals surface area contributed by atoms with Crippen molar-refractivity contribution in [3.8, 4) is 22.5 Å². The van der Waals surface area contributed by atoms with E-state index in [1.54, 1.807) is 23.1 Å². The largest absolute Gasteiger partial charge is 0.490 e. The molecule has 0 saturated carbocycles. The summed E-state index contributed by atoms with van der Waals surface area (Å²) in [6.45, 7) is -0.762. The Morgan fingerprint density at radius 3 is 2.42 bits per heavy atom. The number of thiazole rings is 1. The number of carbonyl (C=O) groups is 1. The average molecular weight is 662 g/mol. The highest BCUT2D eigenvalue weighted by Gasteiger charge is 2.41. The summed E-state index contributed by atoms with van der Waals surface area (Å²) in [6, 6.07) is 7.63. The number of carbonyl (C=O) groups excluding carboxylic acids is 1. The molecule has 3 heterocycles. The molecule has 15 nitrogen and oxygen atoms in total. The first-order valence-electron chi connectivity index (χ1n) is 12.2. The molecule has 0 amide bonds. The number of aromatic nitrogens is 5. The average Bonchev–Trinajstić information content (AvgIpc) is 3.60. The van der Waals surface area contributed by atoms with Crippen molar-refractivity contribution in [3.63, 3.8) is 0 Å². The van der Waals surface area contributed by atoms with E-state index in [2.05, 4.69) is 30.3 Å². The number of H-pyrrole nitrogens is 1. The van der Waals surface area contributed by atoms with Crippen LogP contribution in [0.1, 0.15) is 0 Å². The molecular weight excluding hydrogens is 639 g/mol. The maximum Gasteiger partial charge on any atom is 0.490 e. The lowest BCUT2D eigenvalue weighted by Gasteiger charge is -2.34. The van der Waals surface area contributed by atoms with Crippen LogP contribution in [0.2, 0.25) is 0 Å². The van der Waals surface area contributed by atoms with Gasteiger partial charge in [0.2, 0.25) is 20.0 Å². The molecule has 0 aliphatic carbocycles. The molecule has 1 saturated heterocycles. The number of nitrogens with zero attached hydrogens (tertiary/aromatic N) is 6. The highest BCUT2D eigenvalue weighted by molar-refractivity contribution is 7.92.